The standard InChI is InChI=1S/C13H17NOS/c1-4-13(15,5-2)10-6-7-12-11(8-10)14-9(3)16-12/h6-8,15H,4-5H2,1-3H3. The van der Waals surface area contributed by atoms with Crippen molar-refractivity contribution in [2.24, 2.45) is 0 Å². The number of benzene rings is 1. The van der Waals surface area contributed by atoms with Crippen molar-refractivity contribution < 1.29 is 5.11 Å². The molecule has 86 valence electrons. The highest BCUT2D eigenvalue weighted by molar-refractivity contribution is 7.18. The van der Waals surface area contributed by atoms with E-state index in [1.807, 2.05) is 32.9 Å². The maximum atomic E-state index is 10.4. The van der Waals surface area contributed by atoms with Crippen molar-refractivity contribution in [3.8, 4) is 0 Å². The molecule has 0 aliphatic rings. The fourth-order valence-corrected chi connectivity index (χ4v) is 2.80. The first-order valence-electron chi connectivity index (χ1n) is 5.69. The largest absolute Gasteiger partial charge is 0.385 e. The number of aromatic nitrogens is 1. The molecule has 0 radical (unpaired) electrons. The van der Waals surface area contributed by atoms with E-state index in [2.05, 4.69) is 11.1 Å². The molecule has 0 aliphatic carbocycles. The summed E-state index contributed by atoms with van der Waals surface area (Å²) in [5.41, 5.74) is 1.28. The Labute approximate surface area is 100.0 Å². The maximum absolute atomic E-state index is 10.4. The Hall–Kier alpha value is -0.930. The molecule has 2 aromatic rings. The van der Waals surface area contributed by atoms with Crippen LogP contribution in [0.15, 0.2) is 18.2 Å². The van der Waals surface area contributed by atoms with E-state index in [0.29, 0.717) is 0 Å². The monoisotopic (exact) mass is 235 g/mol. The van der Waals surface area contributed by atoms with Crippen molar-refractivity contribution in [2.75, 3.05) is 0 Å². The van der Waals surface area contributed by atoms with Crippen LogP contribution in [0.25, 0.3) is 10.2 Å². The third kappa shape index (κ3) is 1.85. The van der Waals surface area contributed by atoms with Gasteiger partial charge < -0.3 is 5.11 Å². The molecule has 16 heavy (non-hydrogen) atoms. The smallest absolute Gasteiger partial charge is 0.0907 e. The summed E-state index contributed by atoms with van der Waals surface area (Å²) in [6, 6.07) is 6.10. The summed E-state index contributed by atoms with van der Waals surface area (Å²) >= 11 is 1.69. The highest BCUT2D eigenvalue weighted by Crippen LogP contribution is 2.31. The van der Waals surface area contributed by atoms with Gasteiger partial charge in [0, 0.05) is 0 Å². The maximum Gasteiger partial charge on any atom is 0.0907 e. The third-order valence-electron chi connectivity index (χ3n) is 3.20. The third-order valence-corrected chi connectivity index (χ3v) is 4.15. The number of hydrogen-bond acceptors (Lipinski definition) is 3. The van der Waals surface area contributed by atoms with Crippen molar-refractivity contribution >= 4 is 21.6 Å². The van der Waals surface area contributed by atoms with Crippen molar-refractivity contribution in [1.29, 1.82) is 0 Å². The molecule has 0 atom stereocenters. The van der Waals surface area contributed by atoms with Gasteiger partial charge in [-0.2, -0.15) is 0 Å². The number of thiazole rings is 1. The summed E-state index contributed by atoms with van der Waals surface area (Å²) in [7, 11) is 0. The topological polar surface area (TPSA) is 33.1 Å². The fourth-order valence-electron chi connectivity index (χ4n) is 1.99. The van der Waals surface area contributed by atoms with Crippen LogP contribution in [0.1, 0.15) is 37.3 Å². The Balaban J connectivity index is 2.53. The lowest BCUT2D eigenvalue weighted by atomic mass is 9.88. The summed E-state index contributed by atoms with van der Waals surface area (Å²) in [4.78, 5) is 4.46. The van der Waals surface area contributed by atoms with Gasteiger partial charge in [0.25, 0.3) is 0 Å². The van der Waals surface area contributed by atoms with Gasteiger partial charge in [-0.1, -0.05) is 19.9 Å². The van der Waals surface area contributed by atoms with Gasteiger partial charge in [-0.3, -0.25) is 0 Å². The average Bonchev–Trinajstić information content (AvgIpc) is 2.67. The molecule has 0 bridgehead atoms. The minimum Gasteiger partial charge on any atom is -0.385 e. The molecular formula is C13H17NOS. The minimum atomic E-state index is -0.703. The van der Waals surface area contributed by atoms with E-state index in [1.165, 1.54) is 4.70 Å². The summed E-state index contributed by atoms with van der Waals surface area (Å²) < 4.78 is 1.19. The molecule has 0 unspecified atom stereocenters. The number of fused-ring (bicyclic) bond motifs is 1. The number of hydrogen-bond donors (Lipinski definition) is 1. The SMILES string of the molecule is CCC(O)(CC)c1ccc2sc(C)nc2c1. The second-order valence-electron chi connectivity index (χ2n) is 4.15. The van der Waals surface area contributed by atoms with Crippen LogP contribution in [-0.4, -0.2) is 10.1 Å². The normalized spacial score (nSPS) is 12.2. The molecule has 0 spiro atoms. The lowest BCUT2D eigenvalue weighted by Crippen LogP contribution is -2.23. The second-order valence-corrected chi connectivity index (χ2v) is 5.39. The highest BCUT2D eigenvalue weighted by atomic mass is 32.1. The first kappa shape index (κ1) is 11.6. The van der Waals surface area contributed by atoms with Crippen LogP contribution in [0.5, 0.6) is 0 Å². The van der Waals surface area contributed by atoms with Crippen molar-refractivity contribution in [1.82, 2.24) is 4.98 Å². The molecular weight excluding hydrogens is 218 g/mol. The number of aryl methyl sites for hydroxylation is 1. The molecule has 1 N–H and O–H groups in total. The summed E-state index contributed by atoms with van der Waals surface area (Å²) in [5.74, 6) is 0. The molecule has 0 aliphatic heterocycles. The van der Waals surface area contributed by atoms with E-state index >= 15 is 0 Å². The Bertz CT molecular complexity index is 500. The molecule has 0 amide bonds. The number of aliphatic hydroxyl groups is 1. The van der Waals surface area contributed by atoms with Gasteiger partial charge in [0.05, 0.1) is 20.8 Å². The zero-order valence-electron chi connectivity index (χ0n) is 9.95. The highest BCUT2D eigenvalue weighted by Gasteiger charge is 2.25. The number of nitrogens with zero attached hydrogens (tertiary/aromatic N) is 1. The van der Waals surface area contributed by atoms with Crippen LogP contribution in [0.4, 0.5) is 0 Å². The van der Waals surface area contributed by atoms with Crippen LogP contribution in [0, 0.1) is 6.92 Å². The zero-order valence-corrected chi connectivity index (χ0v) is 10.8. The molecule has 1 aromatic heterocycles. The van der Waals surface area contributed by atoms with E-state index in [-0.39, 0.29) is 0 Å². The van der Waals surface area contributed by atoms with Gasteiger partial charge in [0.2, 0.25) is 0 Å². The van der Waals surface area contributed by atoms with E-state index in [4.69, 9.17) is 0 Å². The summed E-state index contributed by atoms with van der Waals surface area (Å²) in [5, 5.41) is 11.5. The Morgan fingerprint density at radius 3 is 2.62 bits per heavy atom. The van der Waals surface area contributed by atoms with Gasteiger partial charge in [-0.05, 0) is 37.5 Å². The molecule has 1 heterocycles. The van der Waals surface area contributed by atoms with Crippen molar-refractivity contribution in [3.63, 3.8) is 0 Å². The Kier molecular flexibility index (Phi) is 3.00. The zero-order chi connectivity index (χ0) is 11.8. The van der Waals surface area contributed by atoms with Gasteiger partial charge in [0.1, 0.15) is 0 Å². The van der Waals surface area contributed by atoms with Crippen LogP contribution >= 0.6 is 11.3 Å². The Morgan fingerprint density at radius 2 is 2.00 bits per heavy atom. The van der Waals surface area contributed by atoms with E-state index in [1.54, 1.807) is 11.3 Å². The Morgan fingerprint density at radius 1 is 1.31 bits per heavy atom. The summed E-state index contributed by atoms with van der Waals surface area (Å²) in [6.45, 7) is 6.04. The molecule has 0 saturated carbocycles. The van der Waals surface area contributed by atoms with Crippen LogP contribution < -0.4 is 0 Å². The van der Waals surface area contributed by atoms with E-state index in [9.17, 15) is 5.11 Å². The van der Waals surface area contributed by atoms with Gasteiger partial charge in [0.15, 0.2) is 0 Å². The molecule has 3 heteroatoms. The van der Waals surface area contributed by atoms with Crippen LogP contribution in [-0.2, 0) is 5.60 Å². The van der Waals surface area contributed by atoms with Crippen molar-refractivity contribution in [3.05, 3.63) is 28.8 Å². The lowest BCUT2D eigenvalue weighted by Gasteiger charge is -2.25. The quantitative estimate of drug-likeness (QED) is 0.881. The van der Waals surface area contributed by atoms with Gasteiger partial charge >= 0.3 is 0 Å². The molecule has 0 fully saturated rings. The second kappa shape index (κ2) is 4.15. The number of rotatable bonds is 3. The van der Waals surface area contributed by atoms with Crippen LogP contribution in [0.3, 0.4) is 0 Å². The molecule has 0 saturated heterocycles. The fraction of sp³-hybridized carbons (Fsp3) is 0.462. The first-order chi connectivity index (χ1) is 7.59. The van der Waals surface area contributed by atoms with Gasteiger partial charge in [-0.15, -0.1) is 11.3 Å². The molecule has 2 rings (SSSR count). The van der Waals surface area contributed by atoms with Crippen LogP contribution in [0.2, 0.25) is 0 Å². The summed E-state index contributed by atoms with van der Waals surface area (Å²) in [6.07, 6.45) is 1.47. The van der Waals surface area contributed by atoms with Gasteiger partial charge in [-0.25, -0.2) is 4.98 Å². The molecule has 2 nitrogen and oxygen atoms in total. The minimum absolute atomic E-state index is 0.703. The van der Waals surface area contributed by atoms with E-state index < -0.39 is 5.60 Å². The predicted molar refractivity (Wildman–Crippen MR) is 68.8 cm³/mol. The average molecular weight is 235 g/mol. The first-order valence-corrected chi connectivity index (χ1v) is 6.50. The predicted octanol–water partition coefficient (Wildman–Crippen LogP) is 3.61. The molecule has 1 aromatic carbocycles. The van der Waals surface area contributed by atoms with Crippen molar-refractivity contribution in [2.45, 2.75) is 39.2 Å². The lowest BCUT2D eigenvalue weighted by molar-refractivity contribution is 0.0285. The van der Waals surface area contributed by atoms with E-state index in [0.717, 1.165) is 28.9 Å².